The van der Waals surface area contributed by atoms with Crippen LogP contribution in [0.5, 0.6) is 0 Å². The third-order valence-corrected chi connectivity index (χ3v) is 4.34. The van der Waals surface area contributed by atoms with Crippen molar-refractivity contribution in [1.82, 2.24) is 10.5 Å². The van der Waals surface area contributed by atoms with E-state index in [0.717, 1.165) is 12.8 Å². The van der Waals surface area contributed by atoms with Gasteiger partial charge in [-0.1, -0.05) is 19.0 Å². The van der Waals surface area contributed by atoms with Crippen LogP contribution < -0.4 is 16.4 Å². The van der Waals surface area contributed by atoms with Crippen LogP contribution in [0.3, 0.4) is 0 Å². The van der Waals surface area contributed by atoms with E-state index in [1.165, 1.54) is 11.8 Å². The normalized spacial score (nSPS) is 11.3. The van der Waals surface area contributed by atoms with Crippen LogP contribution in [-0.2, 0) is 9.59 Å². The molecule has 1 aromatic heterocycles. The molecule has 7 nitrogen and oxygen atoms in total. The van der Waals surface area contributed by atoms with E-state index >= 15 is 0 Å². The lowest BCUT2D eigenvalue weighted by Gasteiger charge is -2.26. The fraction of sp³-hybridized carbons (Fsp3) is 0.643. The molecule has 1 aromatic rings. The Labute approximate surface area is 134 Å². The molecule has 1 rings (SSSR count). The molecule has 4 N–H and O–H groups in total. The highest BCUT2D eigenvalue weighted by molar-refractivity contribution is 8.00. The summed E-state index contributed by atoms with van der Waals surface area (Å²) < 4.78 is 4.85. The van der Waals surface area contributed by atoms with E-state index < -0.39 is 0 Å². The summed E-state index contributed by atoms with van der Waals surface area (Å²) >= 11 is 1.24. The van der Waals surface area contributed by atoms with Crippen molar-refractivity contribution in [2.24, 2.45) is 5.73 Å². The van der Waals surface area contributed by atoms with Gasteiger partial charge in [0, 0.05) is 18.2 Å². The first-order chi connectivity index (χ1) is 10.4. The number of anilines is 1. The average molecular weight is 328 g/mol. The monoisotopic (exact) mass is 328 g/mol. The lowest BCUT2D eigenvalue weighted by molar-refractivity contribution is -0.118. The first-order valence-corrected chi connectivity index (χ1v) is 8.40. The minimum atomic E-state index is -0.359. The molecule has 0 fully saturated rings. The molecule has 0 saturated carbocycles. The van der Waals surface area contributed by atoms with Crippen LogP contribution in [0, 0.1) is 6.92 Å². The number of hydrogen-bond donors (Lipinski definition) is 3. The molecule has 0 saturated heterocycles. The molecule has 0 bridgehead atoms. The summed E-state index contributed by atoms with van der Waals surface area (Å²) in [4.78, 5) is 23.4. The van der Waals surface area contributed by atoms with Gasteiger partial charge < -0.3 is 20.9 Å². The van der Waals surface area contributed by atoms with E-state index in [0.29, 0.717) is 18.1 Å². The lowest BCUT2D eigenvalue weighted by Crippen LogP contribution is -2.49. The molecule has 2 amide bonds. The molecule has 0 spiro atoms. The second kappa shape index (κ2) is 8.79. The van der Waals surface area contributed by atoms with Gasteiger partial charge in [0.05, 0.1) is 11.5 Å². The molecule has 0 atom stereocenters. The highest BCUT2D eigenvalue weighted by Gasteiger charge is 2.20. The summed E-state index contributed by atoms with van der Waals surface area (Å²) in [5, 5.41) is 9.07. The number of carbonyl (C=O) groups is 2. The first kappa shape index (κ1) is 18.5. The Kier molecular flexibility index (Phi) is 7.40. The van der Waals surface area contributed by atoms with Crippen molar-refractivity contribution < 1.29 is 14.1 Å². The Morgan fingerprint density at radius 2 is 1.95 bits per heavy atom. The number of aryl methyl sites for hydroxylation is 1. The van der Waals surface area contributed by atoms with Crippen molar-refractivity contribution in [3.63, 3.8) is 0 Å². The quantitative estimate of drug-likeness (QED) is 0.630. The molecule has 0 unspecified atom stereocenters. The summed E-state index contributed by atoms with van der Waals surface area (Å²) in [6.45, 7) is 6.19. The minimum Gasteiger partial charge on any atom is -0.360 e. The molecule has 0 radical (unpaired) electrons. The Morgan fingerprint density at radius 1 is 1.32 bits per heavy atom. The number of amides is 2. The van der Waals surface area contributed by atoms with Gasteiger partial charge in [-0.15, -0.1) is 11.8 Å². The van der Waals surface area contributed by atoms with Crippen LogP contribution in [0.4, 0.5) is 5.82 Å². The van der Waals surface area contributed by atoms with Gasteiger partial charge in [0.2, 0.25) is 11.8 Å². The van der Waals surface area contributed by atoms with Crippen LogP contribution in [0.25, 0.3) is 0 Å². The highest BCUT2D eigenvalue weighted by Crippen LogP contribution is 2.10. The molecular formula is C14H24N4O3S. The third kappa shape index (κ3) is 6.48. The Bertz CT molecular complexity index is 500. The second-order valence-corrected chi connectivity index (χ2v) is 6.20. The lowest BCUT2D eigenvalue weighted by atomic mass is 9.94. The topological polar surface area (TPSA) is 110 Å². The summed E-state index contributed by atoms with van der Waals surface area (Å²) in [6, 6.07) is 1.63. The smallest absolute Gasteiger partial charge is 0.235 e. The largest absolute Gasteiger partial charge is 0.360 e. The van der Waals surface area contributed by atoms with E-state index in [2.05, 4.69) is 15.8 Å². The van der Waals surface area contributed by atoms with Gasteiger partial charge in [-0.05, 0) is 19.8 Å². The van der Waals surface area contributed by atoms with Crippen LogP contribution in [0.15, 0.2) is 10.6 Å². The second-order valence-electron chi connectivity index (χ2n) is 5.21. The van der Waals surface area contributed by atoms with E-state index in [-0.39, 0.29) is 28.9 Å². The zero-order chi connectivity index (χ0) is 16.6. The summed E-state index contributed by atoms with van der Waals surface area (Å²) in [7, 11) is 0. The van der Waals surface area contributed by atoms with Crippen molar-refractivity contribution in [2.75, 3.05) is 23.4 Å². The SMILES string of the molecule is CCC(N)(CC)CNC(=O)CSCC(=O)Nc1cc(C)on1. The summed E-state index contributed by atoms with van der Waals surface area (Å²) in [5.74, 6) is 1.06. The number of carbonyl (C=O) groups excluding carboxylic acids is 2. The Morgan fingerprint density at radius 3 is 2.50 bits per heavy atom. The van der Waals surface area contributed by atoms with Gasteiger partial charge in [-0.25, -0.2) is 0 Å². The van der Waals surface area contributed by atoms with Crippen LogP contribution in [0.2, 0.25) is 0 Å². The molecule has 0 aliphatic heterocycles. The molecule has 124 valence electrons. The minimum absolute atomic E-state index is 0.119. The molecular weight excluding hydrogens is 304 g/mol. The predicted octanol–water partition coefficient (Wildman–Crippen LogP) is 1.29. The predicted molar refractivity (Wildman–Crippen MR) is 87.7 cm³/mol. The number of hydrogen-bond acceptors (Lipinski definition) is 6. The van der Waals surface area contributed by atoms with Gasteiger partial charge >= 0.3 is 0 Å². The van der Waals surface area contributed by atoms with Gasteiger partial charge in [0.15, 0.2) is 5.82 Å². The zero-order valence-electron chi connectivity index (χ0n) is 13.3. The van der Waals surface area contributed by atoms with E-state index in [1.54, 1.807) is 13.0 Å². The molecule has 22 heavy (non-hydrogen) atoms. The average Bonchev–Trinajstić information content (AvgIpc) is 2.89. The Hall–Kier alpha value is -1.54. The zero-order valence-corrected chi connectivity index (χ0v) is 14.1. The highest BCUT2D eigenvalue weighted by atomic mass is 32.2. The first-order valence-electron chi connectivity index (χ1n) is 7.25. The maximum Gasteiger partial charge on any atom is 0.235 e. The molecule has 1 heterocycles. The van der Waals surface area contributed by atoms with Gasteiger partial charge in [0.1, 0.15) is 5.76 Å². The molecule has 0 aliphatic carbocycles. The fourth-order valence-electron chi connectivity index (χ4n) is 1.67. The molecule has 0 aromatic carbocycles. The standard InChI is InChI=1S/C14H24N4O3S/c1-4-14(15,5-2)9-16-12(19)7-22-8-13(20)17-11-6-10(3)21-18-11/h6H,4-5,7-9,15H2,1-3H3,(H,16,19)(H,17,18,20). The van der Waals surface area contributed by atoms with E-state index in [4.69, 9.17) is 10.3 Å². The van der Waals surface area contributed by atoms with Gasteiger partial charge in [0.25, 0.3) is 0 Å². The van der Waals surface area contributed by atoms with Crippen molar-refractivity contribution >= 4 is 29.4 Å². The van der Waals surface area contributed by atoms with Gasteiger partial charge in [-0.2, -0.15) is 0 Å². The molecule has 0 aliphatic rings. The number of nitrogens with one attached hydrogen (secondary N) is 2. The Balaban J connectivity index is 2.20. The van der Waals surface area contributed by atoms with Crippen molar-refractivity contribution in [3.8, 4) is 0 Å². The van der Waals surface area contributed by atoms with Gasteiger partial charge in [-0.3, -0.25) is 9.59 Å². The van der Waals surface area contributed by atoms with Crippen LogP contribution >= 0.6 is 11.8 Å². The summed E-state index contributed by atoms with van der Waals surface area (Å²) in [5.41, 5.74) is 5.75. The third-order valence-electron chi connectivity index (χ3n) is 3.41. The number of nitrogens with two attached hydrogens (primary N) is 1. The fourth-order valence-corrected chi connectivity index (χ4v) is 2.31. The summed E-state index contributed by atoms with van der Waals surface area (Å²) in [6.07, 6.45) is 1.60. The molecule has 8 heteroatoms. The number of rotatable bonds is 9. The van der Waals surface area contributed by atoms with Crippen molar-refractivity contribution in [2.45, 2.75) is 39.2 Å². The number of thioether (sulfide) groups is 1. The number of nitrogens with zero attached hydrogens (tertiary/aromatic N) is 1. The van der Waals surface area contributed by atoms with Crippen molar-refractivity contribution in [3.05, 3.63) is 11.8 Å². The van der Waals surface area contributed by atoms with E-state index in [1.807, 2.05) is 13.8 Å². The van der Waals surface area contributed by atoms with Crippen LogP contribution in [-0.4, -0.2) is 40.6 Å². The van der Waals surface area contributed by atoms with Crippen LogP contribution in [0.1, 0.15) is 32.4 Å². The van der Waals surface area contributed by atoms with Crippen molar-refractivity contribution in [1.29, 1.82) is 0 Å². The number of aromatic nitrogens is 1. The maximum atomic E-state index is 11.7. The maximum absolute atomic E-state index is 11.7. The van der Waals surface area contributed by atoms with E-state index in [9.17, 15) is 9.59 Å².